The molecule has 0 radical (unpaired) electrons. The average molecular weight is 456 g/mol. The van der Waals surface area contributed by atoms with Gasteiger partial charge >= 0.3 is 0 Å². The summed E-state index contributed by atoms with van der Waals surface area (Å²) in [6, 6.07) is 24.9. The van der Waals surface area contributed by atoms with Gasteiger partial charge in [-0.15, -0.1) is 0 Å². The molecule has 1 aromatic heterocycles. The standard InChI is InChI=1S/C27H25N3O2S/c1-17-8-12-20(13-9-17)29-27-23(22(33)16-18-6-4-3-5-7-18)24(28)25(30-27)26(31)19-10-14-21(32-2)15-11-19/h3-15,29-30H,16,28H2,1-2H3. The van der Waals surface area contributed by atoms with E-state index in [-0.39, 0.29) is 5.78 Å². The first-order valence-corrected chi connectivity index (χ1v) is 11.0. The Hall–Kier alpha value is -3.90. The number of ketones is 1. The molecule has 0 aliphatic rings. The van der Waals surface area contributed by atoms with E-state index in [0.29, 0.717) is 45.4 Å². The molecule has 166 valence electrons. The number of nitrogen functional groups attached to an aromatic ring is 1. The van der Waals surface area contributed by atoms with Gasteiger partial charge < -0.3 is 20.8 Å². The molecular formula is C27H25N3O2S. The Bertz CT molecular complexity index is 1280. The van der Waals surface area contributed by atoms with Crippen LogP contribution in [0, 0.1) is 6.92 Å². The zero-order valence-electron chi connectivity index (χ0n) is 18.5. The molecule has 6 heteroatoms. The molecule has 4 rings (SSSR count). The molecule has 0 spiro atoms. The third-order valence-corrected chi connectivity index (χ3v) is 5.77. The van der Waals surface area contributed by atoms with Gasteiger partial charge in [-0.25, -0.2) is 0 Å². The van der Waals surface area contributed by atoms with Crippen molar-refractivity contribution in [3.8, 4) is 5.75 Å². The molecule has 0 saturated carbocycles. The minimum absolute atomic E-state index is 0.212. The summed E-state index contributed by atoms with van der Waals surface area (Å²) in [6.07, 6.45) is 0.539. The second kappa shape index (κ2) is 9.71. The van der Waals surface area contributed by atoms with Crippen molar-refractivity contribution in [1.82, 2.24) is 4.98 Å². The van der Waals surface area contributed by atoms with Crippen LogP contribution in [-0.4, -0.2) is 22.7 Å². The molecule has 0 atom stereocenters. The van der Waals surface area contributed by atoms with Gasteiger partial charge in [0.2, 0.25) is 5.78 Å². The van der Waals surface area contributed by atoms with Gasteiger partial charge in [0.1, 0.15) is 17.3 Å². The number of anilines is 3. The summed E-state index contributed by atoms with van der Waals surface area (Å²) >= 11 is 5.80. The smallest absolute Gasteiger partial charge is 0.211 e. The van der Waals surface area contributed by atoms with Crippen LogP contribution in [0.2, 0.25) is 0 Å². The van der Waals surface area contributed by atoms with E-state index >= 15 is 0 Å². The van der Waals surface area contributed by atoms with Gasteiger partial charge in [-0.3, -0.25) is 4.79 Å². The second-order valence-electron chi connectivity index (χ2n) is 7.80. The zero-order valence-corrected chi connectivity index (χ0v) is 19.3. The highest BCUT2D eigenvalue weighted by Gasteiger charge is 2.24. The third-order valence-electron chi connectivity index (χ3n) is 5.43. The van der Waals surface area contributed by atoms with Crippen LogP contribution in [0.25, 0.3) is 0 Å². The highest BCUT2D eigenvalue weighted by molar-refractivity contribution is 7.80. The topological polar surface area (TPSA) is 80.1 Å². The van der Waals surface area contributed by atoms with Gasteiger partial charge in [-0.1, -0.05) is 60.2 Å². The van der Waals surface area contributed by atoms with E-state index in [2.05, 4.69) is 10.3 Å². The van der Waals surface area contributed by atoms with E-state index < -0.39 is 0 Å². The van der Waals surface area contributed by atoms with Gasteiger partial charge in [0, 0.05) is 22.5 Å². The summed E-state index contributed by atoms with van der Waals surface area (Å²) in [5.41, 5.74) is 11.4. The first-order valence-electron chi connectivity index (χ1n) is 10.6. The number of carbonyl (C=O) groups excluding carboxylic acids is 1. The van der Waals surface area contributed by atoms with Crippen molar-refractivity contribution in [2.24, 2.45) is 0 Å². The molecule has 33 heavy (non-hydrogen) atoms. The number of benzene rings is 3. The number of aryl methyl sites for hydroxylation is 1. The SMILES string of the molecule is COc1ccc(C(=O)c2[nH]c(Nc3ccc(C)cc3)c(C(=S)Cc3ccccc3)c2N)cc1. The average Bonchev–Trinajstić information content (AvgIpc) is 3.16. The molecule has 0 amide bonds. The lowest BCUT2D eigenvalue weighted by Crippen LogP contribution is -2.08. The van der Waals surface area contributed by atoms with Gasteiger partial charge in [0.05, 0.1) is 18.4 Å². The molecule has 0 bridgehead atoms. The minimum Gasteiger partial charge on any atom is -0.497 e. The van der Waals surface area contributed by atoms with Crippen molar-refractivity contribution in [2.45, 2.75) is 13.3 Å². The van der Waals surface area contributed by atoms with Gasteiger partial charge in [-0.2, -0.15) is 0 Å². The maximum Gasteiger partial charge on any atom is 0.211 e. The van der Waals surface area contributed by atoms with Crippen LogP contribution < -0.4 is 15.8 Å². The Morgan fingerprint density at radius 1 is 1.00 bits per heavy atom. The molecule has 0 aliphatic carbocycles. The number of ether oxygens (including phenoxy) is 1. The molecular weight excluding hydrogens is 430 g/mol. The maximum atomic E-state index is 13.3. The van der Waals surface area contributed by atoms with Crippen molar-refractivity contribution in [3.63, 3.8) is 0 Å². The molecule has 0 aliphatic heterocycles. The van der Waals surface area contributed by atoms with Crippen LogP contribution in [0.3, 0.4) is 0 Å². The number of nitrogens with two attached hydrogens (primary N) is 1. The first-order chi connectivity index (χ1) is 16.0. The van der Waals surface area contributed by atoms with Gasteiger partial charge in [0.15, 0.2) is 0 Å². The highest BCUT2D eigenvalue weighted by atomic mass is 32.1. The van der Waals surface area contributed by atoms with Crippen molar-refractivity contribution in [2.75, 3.05) is 18.2 Å². The summed E-state index contributed by atoms with van der Waals surface area (Å²) in [6.45, 7) is 2.03. The molecule has 5 nitrogen and oxygen atoms in total. The van der Waals surface area contributed by atoms with Gasteiger partial charge in [0.25, 0.3) is 0 Å². The quantitative estimate of drug-likeness (QED) is 0.229. The number of aromatic amines is 1. The maximum absolute atomic E-state index is 13.3. The molecule has 0 saturated heterocycles. The van der Waals surface area contributed by atoms with Crippen LogP contribution in [0.4, 0.5) is 17.2 Å². The van der Waals surface area contributed by atoms with Crippen molar-refractivity contribution < 1.29 is 9.53 Å². The van der Waals surface area contributed by atoms with E-state index in [1.165, 1.54) is 0 Å². The Morgan fingerprint density at radius 2 is 1.67 bits per heavy atom. The molecule has 0 fully saturated rings. The van der Waals surface area contributed by atoms with Crippen molar-refractivity contribution >= 4 is 40.1 Å². The van der Waals surface area contributed by atoms with E-state index in [0.717, 1.165) is 16.8 Å². The number of H-pyrrole nitrogens is 1. The number of aromatic nitrogens is 1. The van der Waals surface area contributed by atoms with E-state index in [1.807, 2.05) is 61.5 Å². The normalized spacial score (nSPS) is 10.6. The highest BCUT2D eigenvalue weighted by Crippen LogP contribution is 2.32. The predicted octanol–water partition coefficient (Wildman–Crippen LogP) is 5.85. The number of nitrogens with one attached hydrogen (secondary N) is 2. The summed E-state index contributed by atoms with van der Waals surface area (Å²) in [7, 11) is 1.59. The first kappa shape index (κ1) is 22.3. The van der Waals surface area contributed by atoms with Crippen LogP contribution in [-0.2, 0) is 6.42 Å². The van der Waals surface area contributed by atoms with Crippen LogP contribution in [0.1, 0.15) is 32.7 Å². The van der Waals surface area contributed by atoms with Crippen molar-refractivity contribution in [1.29, 1.82) is 0 Å². The number of hydrogen-bond acceptors (Lipinski definition) is 5. The lowest BCUT2D eigenvalue weighted by Gasteiger charge is -2.10. The summed E-state index contributed by atoms with van der Waals surface area (Å²) in [4.78, 5) is 17.1. The van der Waals surface area contributed by atoms with E-state index in [9.17, 15) is 4.79 Å². The largest absolute Gasteiger partial charge is 0.497 e. The molecule has 1 heterocycles. The Morgan fingerprint density at radius 3 is 2.30 bits per heavy atom. The second-order valence-corrected chi connectivity index (χ2v) is 8.29. The number of carbonyl (C=O) groups is 1. The van der Waals surface area contributed by atoms with E-state index in [1.54, 1.807) is 31.4 Å². The molecule has 3 aromatic carbocycles. The summed E-state index contributed by atoms with van der Waals surface area (Å²) < 4.78 is 5.19. The van der Waals surface area contributed by atoms with Crippen LogP contribution >= 0.6 is 12.2 Å². The molecule has 4 aromatic rings. The zero-order chi connectivity index (χ0) is 23.4. The fraction of sp³-hybridized carbons (Fsp3) is 0.111. The fourth-order valence-electron chi connectivity index (χ4n) is 3.61. The summed E-state index contributed by atoms with van der Waals surface area (Å²) in [5, 5.41) is 3.36. The van der Waals surface area contributed by atoms with Crippen LogP contribution in [0.5, 0.6) is 5.75 Å². The summed E-state index contributed by atoms with van der Waals surface area (Å²) in [5.74, 6) is 1.07. The number of methoxy groups -OCH3 is 1. The van der Waals surface area contributed by atoms with Crippen molar-refractivity contribution in [3.05, 3.63) is 107 Å². The minimum atomic E-state index is -0.212. The molecule has 0 unspecified atom stereocenters. The monoisotopic (exact) mass is 455 g/mol. The Labute approximate surface area is 198 Å². The number of thiocarbonyl (C=S) groups is 1. The predicted molar refractivity (Wildman–Crippen MR) is 138 cm³/mol. The number of rotatable bonds is 8. The Balaban J connectivity index is 1.73. The van der Waals surface area contributed by atoms with E-state index in [4.69, 9.17) is 22.7 Å². The fourth-order valence-corrected chi connectivity index (χ4v) is 3.99. The third kappa shape index (κ3) is 4.96. The van der Waals surface area contributed by atoms with Gasteiger partial charge in [-0.05, 0) is 48.9 Å². The lowest BCUT2D eigenvalue weighted by atomic mass is 10.0. The lowest BCUT2D eigenvalue weighted by molar-refractivity contribution is 0.103. The van der Waals surface area contributed by atoms with Crippen LogP contribution in [0.15, 0.2) is 78.9 Å². The number of hydrogen-bond donors (Lipinski definition) is 3. The molecule has 4 N–H and O–H groups in total. The Kier molecular flexibility index (Phi) is 6.56.